The Morgan fingerprint density at radius 3 is 2.14 bits per heavy atom. The first-order chi connectivity index (χ1) is 16.7. The molecule has 0 aliphatic carbocycles. The molecule has 188 valence electrons. The van der Waals surface area contributed by atoms with Gasteiger partial charge in [-0.25, -0.2) is 0 Å². The van der Waals surface area contributed by atoms with Crippen molar-refractivity contribution in [1.29, 1.82) is 0 Å². The van der Waals surface area contributed by atoms with Gasteiger partial charge in [0.15, 0.2) is 17.3 Å². The summed E-state index contributed by atoms with van der Waals surface area (Å²) in [6.45, 7) is -6.46. The molecule has 0 unspecified atom stereocenters. The van der Waals surface area contributed by atoms with Gasteiger partial charge in [-0.2, -0.15) is 17.6 Å². The number of ketones is 1. The van der Waals surface area contributed by atoms with Gasteiger partial charge in [0.25, 0.3) is 5.22 Å². The third-order valence-electron chi connectivity index (χ3n) is 4.34. The van der Waals surface area contributed by atoms with Crippen LogP contribution in [-0.2, 0) is 0 Å². The number of thioether (sulfide) groups is 1. The van der Waals surface area contributed by atoms with Crippen LogP contribution in [0.2, 0.25) is 0 Å². The maximum Gasteiger partial charge on any atom is 0.387 e. The average Bonchev–Trinajstić information content (AvgIpc) is 3.30. The molecule has 0 saturated carbocycles. The maximum absolute atomic E-state index is 12.7. The number of hydrogen-bond acceptors (Lipinski definition) is 10. The van der Waals surface area contributed by atoms with Gasteiger partial charge in [0.2, 0.25) is 11.6 Å². The molecule has 0 aliphatic heterocycles. The van der Waals surface area contributed by atoms with E-state index >= 15 is 0 Å². The third kappa shape index (κ3) is 6.47. The monoisotopic (exact) mass is 518 g/mol. The second kappa shape index (κ2) is 11.6. The van der Waals surface area contributed by atoms with Crippen LogP contribution >= 0.6 is 11.8 Å². The van der Waals surface area contributed by atoms with E-state index in [9.17, 15) is 22.4 Å². The molecule has 2 aromatic carbocycles. The Morgan fingerprint density at radius 2 is 1.57 bits per heavy atom. The van der Waals surface area contributed by atoms with E-state index in [2.05, 4.69) is 19.7 Å². The highest BCUT2D eigenvalue weighted by Crippen LogP contribution is 2.41. The summed E-state index contributed by atoms with van der Waals surface area (Å²) in [5.41, 5.74) is 0.191. The van der Waals surface area contributed by atoms with Gasteiger partial charge in [-0.1, -0.05) is 11.8 Å². The van der Waals surface area contributed by atoms with Crippen molar-refractivity contribution >= 4 is 17.5 Å². The van der Waals surface area contributed by atoms with E-state index < -0.39 is 30.5 Å². The number of halogens is 4. The number of carbonyl (C=O) groups is 1. The number of nitrogens with zero attached hydrogens (tertiary/aromatic N) is 2. The fourth-order valence-electron chi connectivity index (χ4n) is 2.90. The highest BCUT2D eigenvalue weighted by Gasteiger charge is 2.21. The molecular weight excluding hydrogens is 500 g/mol. The minimum atomic E-state index is -3.28. The fraction of sp³-hybridized carbons (Fsp3) is 0.286. The van der Waals surface area contributed by atoms with Crippen molar-refractivity contribution in [3.63, 3.8) is 0 Å². The van der Waals surface area contributed by atoms with Crippen LogP contribution in [0, 0.1) is 0 Å². The molecule has 0 N–H and O–H groups in total. The minimum absolute atomic E-state index is 0.0103. The summed E-state index contributed by atoms with van der Waals surface area (Å²) in [4.78, 5) is 12.6. The molecule has 0 aliphatic rings. The van der Waals surface area contributed by atoms with Gasteiger partial charge in [-0.05, 0) is 24.3 Å². The molecular formula is C21H18F4N2O7S. The van der Waals surface area contributed by atoms with Gasteiger partial charge in [0.05, 0.1) is 32.6 Å². The van der Waals surface area contributed by atoms with Crippen LogP contribution in [0.4, 0.5) is 17.6 Å². The Labute approximate surface area is 200 Å². The molecule has 9 nitrogen and oxygen atoms in total. The Balaban J connectivity index is 1.76. The minimum Gasteiger partial charge on any atom is -0.493 e. The first-order valence-electron chi connectivity index (χ1n) is 9.59. The average molecular weight is 518 g/mol. The number of rotatable bonds is 12. The molecule has 35 heavy (non-hydrogen) atoms. The molecule has 1 aromatic heterocycles. The van der Waals surface area contributed by atoms with E-state index in [-0.39, 0.29) is 22.4 Å². The van der Waals surface area contributed by atoms with Crippen molar-refractivity contribution in [2.75, 3.05) is 27.1 Å². The number of hydrogen-bond donors (Lipinski definition) is 0. The SMILES string of the molecule is COc1cc(-c2nnc(SCC(=O)c3ccc(OC(F)F)cc3OC(F)F)o2)cc(OC)c1OC. The van der Waals surface area contributed by atoms with Crippen molar-refractivity contribution in [2.24, 2.45) is 0 Å². The number of carbonyl (C=O) groups excluding carboxylic acids is 1. The Kier molecular flexibility index (Phi) is 8.63. The van der Waals surface area contributed by atoms with Crippen molar-refractivity contribution in [3.8, 4) is 40.2 Å². The van der Waals surface area contributed by atoms with Gasteiger partial charge in [-0.3, -0.25) is 4.79 Å². The highest BCUT2D eigenvalue weighted by atomic mass is 32.2. The molecule has 0 atom stereocenters. The molecule has 3 rings (SSSR count). The molecule has 0 spiro atoms. The zero-order valence-electron chi connectivity index (χ0n) is 18.4. The topological polar surface area (TPSA) is 102 Å². The largest absolute Gasteiger partial charge is 0.493 e. The molecule has 1 heterocycles. The van der Waals surface area contributed by atoms with E-state index in [0.29, 0.717) is 22.8 Å². The Hall–Kier alpha value is -3.68. The zero-order valence-corrected chi connectivity index (χ0v) is 19.2. The fourth-order valence-corrected chi connectivity index (χ4v) is 3.54. The summed E-state index contributed by atoms with van der Waals surface area (Å²) in [5, 5.41) is 7.79. The van der Waals surface area contributed by atoms with E-state index in [1.165, 1.54) is 21.3 Å². The molecule has 0 saturated heterocycles. The third-order valence-corrected chi connectivity index (χ3v) is 5.16. The lowest BCUT2D eigenvalue weighted by Gasteiger charge is -2.12. The molecule has 0 fully saturated rings. The van der Waals surface area contributed by atoms with Gasteiger partial charge in [0, 0.05) is 11.6 Å². The summed E-state index contributed by atoms with van der Waals surface area (Å²) in [7, 11) is 4.34. The Bertz CT molecular complexity index is 1150. The number of methoxy groups -OCH3 is 3. The molecule has 3 aromatic rings. The number of benzene rings is 2. The van der Waals surface area contributed by atoms with Crippen molar-refractivity contribution in [1.82, 2.24) is 10.2 Å². The highest BCUT2D eigenvalue weighted by molar-refractivity contribution is 7.99. The van der Waals surface area contributed by atoms with Crippen molar-refractivity contribution in [3.05, 3.63) is 35.9 Å². The van der Waals surface area contributed by atoms with E-state index in [4.69, 9.17) is 18.6 Å². The van der Waals surface area contributed by atoms with Crippen LogP contribution in [0.5, 0.6) is 28.7 Å². The Morgan fingerprint density at radius 1 is 0.914 bits per heavy atom. The van der Waals surface area contributed by atoms with Crippen LogP contribution in [0.1, 0.15) is 10.4 Å². The first-order valence-corrected chi connectivity index (χ1v) is 10.6. The standard InChI is InChI=1S/C21H18F4N2O7S/c1-29-15-6-10(7-16(30-2)17(15)31-3)18-26-27-21(34-18)35-9-13(28)12-5-4-11(32-19(22)23)8-14(12)33-20(24)25/h4-8,19-20H,9H2,1-3H3. The normalized spacial score (nSPS) is 11.0. The second-order valence-electron chi connectivity index (χ2n) is 6.41. The number of ether oxygens (including phenoxy) is 5. The van der Waals surface area contributed by atoms with E-state index in [0.717, 1.165) is 30.0 Å². The second-order valence-corrected chi connectivity index (χ2v) is 7.34. The summed E-state index contributed by atoms with van der Waals surface area (Å²) >= 11 is 0.838. The summed E-state index contributed by atoms with van der Waals surface area (Å²) in [5.74, 6) is -0.822. The summed E-state index contributed by atoms with van der Waals surface area (Å²) < 4.78 is 80.1. The number of Topliss-reactive ketones (excluding diaryl/α,β-unsaturated/α-hetero) is 1. The lowest BCUT2D eigenvalue weighted by atomic mass is 10.1. The van der Waals surface area contributed by atoms with Gasteiger partial charge in [-0.15, -0.1) is 10.2 Å². The predicted octanol–water partition coefficient (Wildman–Crippen LogP) is 4.94. The summed E-state index contributed by atoms with van der Waals surface area (Å²) in [6, 6.07) is 6.05. The predicted molar refractivity (Wildman–Crippen MR) is 114 cm³/mol. The zero-order chi connectivity index (χ0) is 25.5. The molecule has 0 amide bonds. The lowest BCUT2D eigenvalue weighted by Crippen LogP contribution is -2.10. The molecule has 0 bridgehead atoms. The summed E-state index contributed by atoms with van der Waals surface area (Å²) in [6.07, 6.45) is 0. The van der Waals surface area contributed by atoms with E-state index in [1.807, 2.05) is 0 Å². The van der Waals surface area contributed by atoms with Gasteiger partial charge >= 0.3 is 13.2 Å². The van der Waals surface area contributed by atoms with Crippen LogP contribution in [-0.4, -0.2) is 56.3 Å². The number of alkyl halides is 4. The first kappa shape index (κ1) is 25.9. The van der Waals surface area contributed by atoms with Crippen LogP contribution in [0.3, 0.4) is 0 Å². The van der Waals surface area contributed by atoms with Crippen LogP contribution in [0.15, 0.2) is 40.0 Å². The quantitative estimate of drug-likeness (QED) is 0.186. The van der Waals surface area contributed by atoms with Gasteiger partial charge < -0.3 is 28.1 Å². The van der Waals surface area contributed by atoms with Crippen molar-refractivity contribution < 1.29 is 50.5 Å². The van der Waals surface area contributed by atoms with Crippen LogP contribution in [0.25, 0.3) is 11.5 Å². The molecule has 0 radical (unpaired) electrons. The number of aromatic nitrogens is 2. The van der Waals surface area contributed by atoms with E-state index in [1.54, 1.807) is 12.1 Å². The smallest absolute Gasteiger partial charge is 0.387 e. The maximum atomic E-state index is 12.7. The molecule has 14 heteroatoms. The van der Waals surface area contributed by atoms with Crippen molar-refractivity contribution in [2.45, 2.75) is 18.4 Å². The lowest BCUT2D eigenvalue weighted by molar-refractivity contribution is -0.0544. The van der Waals surface area contributed by atoms with Crippen LogP contribution < -0.4 is 23.7 Å². The van der Waals surface area contributed by atoms with Gasteiger partial charge in [0.1, 0.15) is 11.5 Å².